The first-order valence-electron chi connectivity index (χ1n) is 14.5. The normalized spacial score (nSPS) is 30.2. The van der Waals surface area contributed by atoms with Crippen LogP contribution < -0.4 is 14.4 Å². The molecule has 4 atom stereocenters. The molecule has 2 aliphatic heterocycles. The highest BCUT2D eigenvalue weighted by atomic mass is 35.5. The Hall–Kier alpha value is -2.58. The molecule has 40 heavy (non-hydrogen) atoms. The topological polar surface area (TPSA) is 92.8 Å². The zero-order chi connectivity index (χ0) is 28.1. The van der Waals surface area contributed by atoms with Crippen molar-refractivity contribution in [3.05, 3.63) is 58.1 Å². The van der Waals surface area contributed by atoms with E-state index in [1.165, 1.54) is 11.1 Å². The van der Waals surface area contributed by atoms with E-state index in [0.717, 1.165) is 42.8 Å². The van der Waals surface area contributed by atoms with E-state index in [1.807, 2.05) is 6.07 Å². The van der Waals surface area contributed by atoms with E-state index in [1.54, 1.807) is 25.1 Å². The first-order valence-corrected chi connectivity index (χ1v) is 16.5. The lowest BCUT2D eigenvalue weighted by molar-refractivity contribution is -0.127. The first-order chi connectivity index (χ1) is 19.1. The van der Waals surface area contributed by atoms with Crippen LogP contribution >= 0.6 is 11.6 Å². The molecule has 0 radical (unpaired) electrons. The van der Waals surface area contributed by atoms with Crippen LogP contribution in [0.1, 0.15) is 79.8 Å². The maximum atomic E-state index is 13.2. The number of aryl methyl sites for hydroxylation is 1. The van der Waals surface area contributed by atoms with Gasteiger partial charge in [0.15, 0.2) is 0 Å². The van der Waals surface area contributed by atoms with Gasteiger partial charge < -0.3 is 9.64 Å². The van der Waals surface area contributed by atoms with E-state index < -0.39 is 21.2 Å². The minimum absolute atomic E-state index is 0.0292. The van der Waals surface area contributed by atoms with Crippen molar-refractivity contribution < 1.29 is 22.7 Å². The summed E-state index contributed by atoms with van der Waals surface area (Å²) in [6.45, 7) is 3.49. The minimum atomic E-state index is -3.85. The smallest absolute Gasteiger partial charge is 0.264 e. The Morgan fingerprint density at radius 3 is 2.67 bits per heavy atom. The third-order valence-corrected chi connectivity index (χ3v) is 11.6. The molecule has 0 unspecified atom stereocenters. The fourth-order valence-corrected chi connectivity index (χ4v) is 8.36. The zero-order valence-corrected chi connectivity index (χ0v) is 24.5. The quantitative estimate of drug-likeness (QED) is 0.444. The summed E-state index contributed by atoms with van der Waals surface area (Å²) in [6.07, 6.45) is 7.04. The summed E-state index contributed by atoms with van der Waals surface area (Å²) in [4.78, 5) is 28.7. The van der Waals surface area contributed by atoms with Crippen molar-refractivity contribution in [3.8, 4) is 5.75 Å². The molecule has 0 aromatic heterocycles. The van der Waals surface area contributed by atoms with Gasteiger partial charge in [0, 0.05) is 41.4 Å². The monoisotopic (exact) mass is 584 g/mol. The van der Waals surface area contributed by atoms with E-state index in [9.17, 15) is 18.0 Å². The van der Waals surface area contributed by atoms with E-state index in [0.29, 0.717) is 56.9 Å². The number of hydrogen-bond donors (Lipinski definition) is 1. The molecule has 1 amide bonds. The van der Waals surface area contributed by atoms with Crippen LogP contribution in [0.3, 0.4) is 0 Å². The van der Waals surface area contributed by atoms with E-state index in [-0.39, 0.29) is 22.8 Å². The Kier molecular flexibility index (Phi) is 7.36. The second kappa shape index (κ2) is 10.7. The molecular formula is C31H37ClN2O5S. The van der Waals surface area contributed by atoms with E-state index in [2.05, 4.69) is 21.8 Å². The van der Waals surface area contributed by atoms with Gasteiger partial charge in [0.25, 0.3) is 5.91 Å². The Balaban J connectivity index is 1.41. The van der Waals surface area contributed by atoms with Crippen LogP contribution in [0.2, 0.25) is 5.02 Å². The fraction of sp³-hybridized carbons (Fsp3) is 0.548. The van der Waals surface area contributed by atoms with Gasteiger partial charge in [-0.3, -0.25) is 9.59 Å². The highest BCUT2D eigenvalue weighted by molar-refractivity contribution is 7.90. The molecule has 2 aliphatic carbocycles. The molecule has 4 aliphatic rings. The van der Waals surface area contributed by atoms with Gasteiger partial charge >= 0.3 is 0 Å². The molecule has 0 saturated heterocycles. The summed E-state index contributed by atoms with van der Waals surface area (Å²) >= 11 is 6.37. The molecule has 6 rings (SSSR count). The van der Waals surface area contributed by atoms with Gasteiger partial charge in [0.05, 0.1) is 17.5 Å². The second-order valence-electron chi connectivity index (χ2n) is 12.2. The number of benzene rings is 2. The number of ether oxygens (including phenoxy) is 1. The maximum Gasteiger partial charge on any atom is 0.264 e. The third kappa shape index (κ3) is 5.13. The van der Waals surface area contributed by atoms with Gasteiger partial charge in [-0.2, -0.15) is 0 Å². The summed E-state index contributed by atoms with van der Waals surface area (Å²) in [7, 11) is -3.85. The van der Waals surface area contributed by atoms with Crippen molar-refractivity contribution in [3.63, 3.8) is 0 Å². The summed E-state index contributed by atoms with van der Waals surface area (Å²) in [5, 5.41) is 0.00527. The number of carbonyl (C=O) groups is 2. The highest BCUT2D eigenvalue weighted by Gasteiger charge is 2.44. The SMILES string of the molecule is C[C@H]1CCCCC(=O)[C@@H]2CC[C@H]2CN2C[C@@]3(CCCc4cc(Cl)ccc43)COc3ccc(cc32)C(=O)NS1(=O)=O. The largest absolute Gasteiger partial charge is 0.490 e. The highest BCUT2D eigenvalue weighted by Crippen LogP contribution is 2.46. The Morgan fingerprint density at radius 2 is 1.88 bits per heavy atom. The molecule has 1 saturated carbocycles. The lowest BCUT2D eigenvalue weighted by atomic mass is 9.68. The van der Waals surface area contributed by atoms with Crippen molar-refractivity contribution in [2.24, 2.45) is 11.8 Å². The fourth-order valence-electron chi connectivity index (χ4n) is 7.11. The number of hydrogen-bond acceptors (Lipinski definition) is 6. The molecule has 2 heterocycles. The Bertz CT molecular complexity index is 1440. The summed E-state index contributed by atoms with van der Waals surface area (Å²) in [6, 6.07) is 11.3. The number of halogens is 1. The zero-order valence-electron chi connectivity index (χ0n) is 23.0. The predicted octanol–water partition coefficient (Wildman–Crippen LogP) is 5.43. The van der Waals surface area contributed by atoms with Gasteiger partial charge in [-0.05, 0) is 99.2 Å². The Morgan fingerprint density at radius 1 is 1.02 bits per heavy atom. The van der Waals surface area contributed by atoms with Gasteiger partial charge in [-0.25, -0.2) is 13.1 Å². The molecule has 2 aromatic rings. The van der Waals surface area contributed by atoms with Crippen molar-refractivity contribution in [1.29, 1.82) is 0 Å². The molecule has 1 spiro atoms. The number of nitrogens with one attached hydrogen (secondary N) is 1. The molecular weight excluding hydrogens is 548 g/mol. The number of anilines is 1. The molecule has 9 heteroatoms. The van der Waals surface area contributed by atoms with Gasteiger partial charge in [0.1, 0.15) is 11.5 Å². The van der Waals surface area contributed by atoms with Crippen LogP contribution in [-0.4, -0.2) is 45.1 Å². The molecule has 7 nitrogen and oxygen atoms in total. The minimum Gasteiger partial charge on any atom is -0.490 e. The van der Waals surface area contributed by atoms with Crippen LogP contribution in [0.25, 0.3) is 0 Å². The lowest BCUT2D eigenvalue weighted by Crippen LogP contribution is -2.49. The number of nitrogens with zero attached hydrogens (tertiary/aromatic N) is 1. The molecule has 2 bridgehead atoms. The summed E-state index contributed by atoms with van der Waals surface area (Å²) < 4.78 is 34.6. The van der Waals surface area contributed by atoms with E-state index >= 15 is 0 Å². The summed E-state index contributed by atoms with van der Waals surface area (Å²) in [5.74, 6) is 0.610. The molecule has 214 valence electrons. The van der Waals surface area contributed by atoms with Crippen molar-refractivity contribution in [2.45, 2.75) is 75.4 Å². The van der Waals surface area contributed by atoms with E-state index in [4.69, 9.17) is 16.3 Å². The van der Waals surface area contributed by atoms with Gasteiger partial charge in [-0.15, -0.1) is 0 Å². The van der Waals surface area contributed by atoms with Crippen LogP contribution in [0, 0.1) is 11.8 Å². The molecule has 2 aromatic carbocycles. The van der Waals surface area contributed by atoms with Crippen molar-refractivity contribution in [1.82, 2.24) is 4.72 Å². The number of carbonyl (C=O) groups excluding carboxylic acids is 2. The van der Waals surface area contributed by atoms with Crippen LogP contribution in [0.5, 0.6) is 5.75 Å². The van der Waals surface area contributed by atoms with Gasteiger partial charge in [-0.1, -0.05) is 24.1 Å². The molecule has 1 N–H and O–H groups in total. The number of rotatable bonds is 0. The number of ketones is 1. The lowest BCUT2D eigenvalue weighted by Gasteiger charge is -2.44. The Labute approximate surface area is 241 Å². The number of Topliss-reactive ketones (excluding diaryl/α,β-unsaturated/α-hetero) is 1. The third-order valence-electron chi connectivity index (χ3n) is 9.63. The first kappa shape index (κ1) is 27.6. The number of sulfonamides is 1. The summed E-state index contributed by atoms with van der Waals surface area (Å²) in [5.41, 5.74) is 3.30. The average molecular weight is 585 g/mol. The number of fused-ring (bicyclic) bond motifs is 4. The van der Waals surface area contributed by atoms with Crippen molar-refractivity contribution in [2.75, 3.05) is 24.6 Å². The van der Waals surface area contributed by atoms with Crippen molar-refractivity contribution >= 4 is 39.0 Å². The predicted molar refractivity (Wildman–Crippen MR) is 156 cm³/mol. The van der Waals surface area contributed by atoms with Crippen LogP contribution in [0.4, 0.5) is 5.69 Å². The number of amides is 1. The molecule has 1 fully saturated rings. The second-order valence-corrected chi connectivity index (χ2v) is 14.8. The van der Waals surface area contributed by atoms with Gasteiger partial charge in [0.2, 0.25) is 10.0 Å². The maximum absolute atomic E-state index is 13.2. The van der Waals surface area contributed by atoms with Crippen LogP contribution in [-0.2, 0) is 26.7 Å². The standard InChI is InChI=1S/C31H37ClN2O5S/c1-20-5-2-3-7-28(35)25-11-8-23(25)17-34-18-31(14-4-6-21-15-24(32)10-12-26(21)31)19-39-29-13-9-22(16-27(29)34)30(36)33-40(20,37)38/h9-10,12-13,15-16,20,23,25H,2-8,11,14,17-19H2,1H3,(H,33,36)/t20-,23-,25+,31-/m0/s1. The average Bonchev–Trinajstić information content (AvgIpc) is 3.05. The van der Waals surface area contributed by atoms with Crippen LogP contribution in [0.15, 0.2) is 36.4 Å².